The van der Waals surface area contributed by atoms with Crippen LogP contribution in [0.5, 0.6) is 5.75 Å². The third-order valence-corrected chi connectivity index (χ3v) is 4.60. The predicted octanol–water partition coefficient (Wildman–Crippen LogP) is 4.68. The fourth-order valence-electron chi connectivity index (χ4n) is 3.12. The van der Waals surface area contributed by atoms with Gasteiger partial charge in [0.05, 0.1) is 5.69 Å². The first-order valence-electron chi connectivity index (χ1n) is 9.73. The molecule has 2 aromatic heterocycles. The fourth-order valence-corrected chi connectivity index (χ4v) is 3.12. The van der Waals surface area contributed by atoms with Crippen LogP contribution in [0.4, 0.5) is 5.69 Å². The zero-order chi connectivity index (χ0) is 21.6. The van der Waals surface area contributed by atoms with E-state index in [-0.39, 0.29) is 12.5 Å². The topological polar surface area (TPSA) is 81.4 Å². The molecule has 1 N–H and O–H groups in total. The lowest BCUT2D eigenvalue weighted by Crippen LogP contribution is -2.20. The second-order valence-corrected chi connectivity index (χ2v) is 6.96. The summed E-state index contributed by atoms with van der Waals surface area (Å²) in [7, 11) is 0. The molecule has 154 valence electrons. The van der Waals surface area contributed by atoms with Crippen LogP contribution in [-0.4, -0.2) is 17.5 Å². The first-order valence-corrected chi connectivity index (χ1v) is 9.73. The molecule has 6 heteroatoms. The number of aromatic nitrogens is 1. The number of carbonyl (C=O) groups excluding carboxylic acids is 1. The molecule has 6 nitrogen and oxygen atoms in total. The summed E-state index contributed by atoms with van der Waals surface area (Å²) in [6.07, 6.45) is 5.57. The van der Waals surface area contributed by atoms with Gasteiger partial charge < -0.3 is 14.5 Å². The Labute approximate surface area is 178 Å². The monoisotopic (exact) mass is 412 g/mol. The molecule has 0 aliphatic carbocycles. The Hall–Kier alpha value is -4.19. The summed E-state index contributed by atoms with van der Waals surface area (Å²) in [5.74, 6) is 0.153. The van der Waals surface area contributed by atoms with E-state index in [1.54, 1.807) is 24.4 Å². The molecular formula is C25H20N2O4. The first kappa shape index (κ1) is 20.1. The van der Waals surface area contributed by atoms with E-state index in [2.05, 4.69) is 10.3 Å². The van der Waals surface area contributed by atoms with Gasteiger partial charge >= 0.3 is 5.63 Å². The highest BCUT2D eigenvalue weighted by Gasteiger charge is 2.07. The molecule has 0 aliphatic heterocycles. The van der Waals surface area contributed by atoms with Crippen molar-refractivity contribution in [2.45, 2.75) is 6.92 Å². The minimum atomic E-state index is -0.420. The normalized spacial score (nSPS) is 11.0. The number of benzene rings is 2. The second kappa shape index (κ2) is 9.09. The molecule has 31 heavy (non-hydrogen) atoms. The molecule has 4 rings (SSSR count). The van der Waals surface area contributed by atoms with Crippen molar-refractivity contribution in [3.63, 3.8) is 0 Å². The maximum absolute atomic E-state index is 12.3. The van der Waals surface area contributed by atoms with Crippen molar-refractivity contribution in [1.82, 2.24) is 4.98 Å². The molecule has 0 atom stereocenters. The van der Waals surface area contributed by atoms with Gasteiger partial charge in [-0.25, -0.2) is 4.79 Å². The lowest BCUT2D eigenvalue weighted by Gasteiger charge is -2.09. The SMILES string of the molecule is Cc1cc(=O)oc2cc(OCC(=O)Nc3cccc(/C=C/c4ccccn4)c3)ccc12. The minimum absolute atomic E-state index is 0.171. The predicted molar refractivity (Wildman–Crippen MR) is 121 cm³/mol. The molecule has 0 unspecified atom stereocenters. The third-order valence-electron chi connectivity index (χ3n) is 4.60. The van der Waals surface area contributed by atoms with Gasteiger partial charge in [-0.1, -0.05) is 24.3 Å². The highest BCUT2D eigenvalue weighted by Crippen LogP contribution is 2.22. The number of pyridine rings is 1. The van der Waals surface area contributed by atoms with Crippen LogP contribution in [-0.2, 0) is 4.79 Å². The van der Waals surface area contributed by atoms with Crippen molar-refractivity contribution in [2.24, 2.45) is 0 Å². The van der Waals surface area contributed by atoms with E-state index < -0.39 is 5.63 Å². The van der Waals surface area contributed by atoms with Gasteiger partial charge in [0.25, 0.3) is 5.91 Å². The summed E-state index contributed by atoms with van der Waals surface area (Å²) in [5, 5.41) is 3.65. The van der Waals surface area contributed by atoms with Gasteiger partial charge in [0.15, 0.2) is 6.61 Å². The van der Waals surface area contributed by atoms with Crippen molar-refractivity contribution in [1.29, 1.82) is 0 Å². The number of anilines is 1. The van der Waals surface area contributed by atoms with E-state index >= 15 is 0 Å². The van der Waals surface area contributed by atoms with Crippen molar-refractivity contribution in [3.05, 3.63) is 100 Å². The zero-order valence-electron chi connectivity index (χ0n) is 16.9. The number of nitrogens with one attached hydrogen (secondary N) is 1. The molecule has 0 saturated heterocycles. The van der Waals surface area contributed by atoms with Crippen LogP contribution >= 0.6 is 0 Å². The Kier molecular flexibility index (Phi) is 5.89. The van der Waals surface area contributed by atoms with Crippen LogP contribution in [0.1, 0.15) is 16.8 Å². The molecule has 0 bridgehead atoms. The Morgan fingerprint density at radius 2 is 1.97 bits per heavy atom. The zero-order valence-corrected chi connectivity index (χ0v) is 16.9. The van der Waals surface area contributed by atoms with Gasteiger partial charge in [0, 0.05) is 29.4 Å². The number of carbonyl (C=O) groups is 1. The Balaban J connectivity index is 1.38. The second-order valence-electron chi connectivity index (χ2n) is 6.96. The van der Waals surface area contributed by atoms with Gasteiger partial charge in [-0.2, -0.15) is 0 Å². The number of rotatable bonds is 6. The molecule has 0 spiro atoms. The maximum atomic E-state index is 12.3. The quantitative estimate of drug-likeness (QED) is 0.465. The van der Waals surface area contributed by atoms with E-state index in [4.69, 9.17) is 9.15 Å². The Morgan fingerprint density at radius 3 is 2.81 bits per heavy atom. The van der Waals surface area contributed by atoms with Crippen molar-refractivity contribution in [3.8, 4) is 5.75 Å². The third kappa shape index (κ3) is 5.25. The number of aryl methyl sites for hydroxylation is 1. The lowest BCUT2D eigenvalue weighted by molar-refractivity contribution is -0.118. The van der Waals surface area contributed by atoms with Gasteiger partial charge in [-0.3, -0.25) is 9.78 Å². The highest BCUT2D eigenvalue weighted by molar-refractivity contribution is 5.92. The number of hydrogen-bond donors (Lipinski definition) is 1. The molecule has 4 aromatic rings. The molecule has 0 saturated carbocycles. The summed E-state index contributed by atoms with van der Waals surface area (Å²) in [6.45, 7) is 1.67. The van der Waals surface area contributed by atoms with Gasteiger partial charge in [-0.05, 0) is 60.5 Å². The average molecular weight is 412 g/mol. The maximum Gasteiger partial charge on any atom is 0.336 e. The lowest BCUT2D eigenvalue weighted by atomic mass is 10.1. The van der Waals surface area contributed by atoms with E-state index in [1.165, 1.54) is 6.07 Å². The van der Waals surface area contributed by atoms with Crippen LogP contribution in [0.2, 0.25) is 0 Å². The van der Waals surface area contributed by atoms with Gasteiger partial charge in [0.1, 0.15) is 11.3 Å². The smallest absolute Gasteiger partial charge is 0.336 e. The number of hydrogen-bond acceptors (Lipinski definition) is 5. The number of amides is 1. The van der Waals surface area contributed by atoms with Crippen LogP contribution < -0.4 is 15.7 Å². The highest BCUT2D eigenvalue weighted by atomic mass is 16.5. The van der Waals surface area contributed by atoms with Crippen LogP contribution in [0.15, 0.2) is 82.1 Å². The van der Waals surface area contributed by atoms with E-state index in [1.807, 2.05) is 61.5 Å². The first-order chi connectivity index (χ1) is 15.1. The molecule has 1 amide bonds. The fraction of sp³-hybridized carbons (Fsp3) is 0.0800. The van der Waals surface area contributed by atoms with Crippen molar-refractivity contribution >= 4 is 34.7 Å². The van der Waals surface area contributed by atoms with Gasteiger partial charge in [0.2, 0.25) is 0 Å². The minimum Gasteiger partial charge on any atom is -0.484 e. The molecule has 0 radical (unpaired) electrons. The number of fused-ring (bicyclic) bond motifs is 1. The van der Waals surface area contributed by atoms with E-state index in [0.29, 0.717) is 17.0 Å². The summed E-state index contributed by atoms with van der Waals surface area (Å²) < 4.78 is 10.8. The van der Waals surface area contributed by atoms with Crippen molar-refractivity contribution < 1.29 is 13.9 Å². The largest absolute Gasteiger partial charge is 0.484 e. The number of ether oxygens (including phenoxy) is 1. The van der Waals surface area contributed by atoms with Crippen molar-refractivity contribution in [2.75, 3.05) is 11.9 Å². The standard InChI is InChI=1S/C25H20N2O4/c1-17-13-25(29)31-23-15-21(10-11-22(17)23)30-16-24(28)27-20-7-4-5-18(14-20)8-9-19-6-2-3-12-26-19/h2-15H,16H2,1H3,(H,27,28)/b9-8+. The summed E-state index contributed by atoms with van der Waals surface area (Å²) >= 11 is 0. The number of nitrogens with zero attached hydrogens (tertiary/aromatic N) is 1. The Bertz CT molecular complexity index is 1310. The average Bonchev–Trinajstić information content (AvgIpc) is 2.77. The Morgan fingerprint density at radius 1 is 1.06 bits per heavy atom. The van der Waals surface area contributed by atoms with Crippen LogP contribution in [0.3, 0.4) is 0 Å². The summed E-state index contributed by atoms with van der Waals surface area (Å²) in [6, 6.07) is 19.8. The molecule has 0 aliphatic rings. The summed E-state index contributed by atoms with van der Waals surface area (Å²) in [5.41, 5.74) is 3.28. The molecule has 2 aromatic carbocycles. The van der Waals surface area contributed by atoms with E-state index in [9.17, 15) is 9.59 Å². The molecule has 0 fully saturated rings. The molecule has 2 heterocycles. The van der Waals surface area contributed by atoms with E-state index in [0.717, 1.165) is 22.2 Å². The van der Waals surface area contributed by atoms with Gasteiger partial charge in [-0.15, -0.1) is 0 Å². The van der Waals surface area contributed by atoms with Crippen LogP contribution in [0.25, 0.3) is 23.1 Å². The summed E-state index contributed by atoms with van der Waals surface area (Å²) in [4.78, 5) is 28.1. The molecular weight excluding hydrogens is 392 g/mol. The van der Waals surface area contributed by atoms with Crippen LogP contribution in [0, 0.1) is 6.92 Å².